The number of carbonyl (C=O) groups excluding carboxylic acids is 1. The minimum absolute atomic E-state index is 0.0476. The first-order valence-electron chi connectivity index (χ1n) is 4.07. The summed E-state index contributed by atoms with van der Waals surface area (Å²) in [5.41, 5.74) is 0. The second-order valence-corrected chi connectivity index (χ2v) is 2.78. The molecule has 0 aliphatic rings. The largest absolute Gasteiger partial charge is 0.347 e. The fourth-order valence-corrected chi connectivity index (χ4v) is 0.977. The van der Waals surface area contributed by atoms with E-state index in [4.69, 9.17) is 0 Å². The molecule has 0 unspecified atom stereocenters. The van der Waals surface area contributed by atoms with Gasteiger partial charge in [0.25, 0.3) is 0 Å². The maximum Gasteiger partial charge on any atom is 0.226 e. The molecule has 70 valence electrons. The van der Waals surface area contributed by atoms with E-state index in [1.807, 2.05) is 0 Å². The van der Waals surface area contributed by atoms with E-state index in [0.717, 1.165) is 5.82 Å². The first-order valence-corrected chi connectivity index (χ1v) is 4.07. The van der Waals surface area contributed by atoms with Gasteiger partial charge >= 0.3 is 0 Å². The van der Waals surface area contributed by atoms with Crippen molar-refractivity contribution >= 4 is 5.91 Å². The average Bonchev–Trinajstić information content (AvgIpc) is 2.57. The Balaban J connectivity index is 2.45. The molecule has 0 bridgehead atoms. The minimum atomic E-state index is 0.0476. The number of H-pyrrole nitrogens is 1. The van der Waals surface area contributed by atoms with E-state index in [1.165, 1.54) is 0 Å². The summed E-state index contributed by atoms with van der Waals surface area (Å²) in [6.07, 6.45) is 5.38. The summed E-state index contributed by atoms with van der Waals surface area (Å²) >= 11 is 0. The van der Waals surface area contributed by atoms with Gasteiger partial charge in [-0.05, 0) is 0 Å². The van der Waals surface area contributed by atoms with Gasteiger partial charge < -0.3 is 9.88 Å². The molecule has 1 aromatic heterocycles. The van der Waals surface area contributed by atoms with Crippen LogP contribution >= 0.6 is 0 Å². The number of hydrogen-bond acceptors (Lipinski definition) is 2. The lowest BCUT2D eigenvalue weighted by atomic mass is 10.3. The normalized spacial score (nSPS) is 9.62. The van der Waals surface area contributed by atoms with Crippen molar-refractivity contribution in [1.82, 2.24) is 14.9 Å². The second-order valence-electron chi connectivity index (χ2n) is 2.78. The highest BCUT2D eigenvalue weighted by molar-refractivity contribution is 5.77. The van der Waals surface area contributed by atoms with Gasteiger partial charge in [0.05, 0.1) is 6.54 Å². The van der Waals surface area contributed by atoms with Crippen LogP contribution in [0, 0.1) is 0 Å². The van der Waals surface area contributed by atoms with Gasteiger partial charge in [0.1, 0.15) is 5.82 Å². The standard InChI is InChI=1S/C9H13N3O/c1-3-4-9(13)12(2)7-8-10-5-6-11-8/h3,5-6H,1,4,7H2,2H3,(H,10,11). The lowest BCUT2D eigenvalue weighted by Crippen LogP contribution is -2.25. The topological polar surface area (TPSA) is 49.0 Å². The van der Waals surface area contributed by atoms with Crippen LogP contribution in [-0.2, 0) is 11.3 Å². The Bertz CT molecular complexity index is 279. The summed E-state index contributed by atoms with van der Waals surface area (Å²) < 4.78 is 0. The Labute approximate surface area is 77.3 Å². The molecule has 1 rings (SSSR count). The highest BCUT2D eigenvalue weighted by atomic mass is 16.2. The molecule has 0 radical (unpaired) electrons. The Kier molecular flexibility index (Phi) is 3.25. The fraction of sp³-hybridized carbons (Fsp3) is 0.333. The highest BCUT2D eigenvalue weighted by Gasteiger charge is 2.07. The summed E-state index contributed by atoms with van der Waals surface area (Å²) in [6, 6.07) is 0. The van der Waals surface area contributed by atoms with E-state index >= 15 is 0 Å². The Morgan fingerprint density at radius 3 is 3.15 bits per heavy atom. The van der Waals surface area contributed by atoms with E-state index < -0.39 is 0 Å². The molecule has 1 N–H and O–H groups in total. The smallest absolute Gasteiger partial charge is 0.226 e. The summed E-state index contributed by atoms with van der Waals surface area (Å²) in [6.45, 7) is 4.02. The zero-order chi connectivity index (χ0) is 9.68. The van der Waals surface area contributed by atoms with Crippen LogP contribution in [0.15, 0.2) is 25.0 Å². The van der Waals surface area contributed by atoms with Crippen LogP contribution in [0.1, 0.15) is 12.2 Å². The van der Waals surface area contributed by atoms with Crippen LogP contribution < -0.4 is 0 Å². The van der Waals surface area contributed by atoms with Crippen LogP contribution in [0.4, 0.5) is 0 Å². The number of rotatable bonds is 4. The van der Waals surface area contributed by atoms with Crippen molar-refractivity contribution in [3.8, 4) is 0 Å². The number of amides is 1. The van der Waals surface area contributed by atoms with Crippen LogP contribution in [-0.4, -0.2) is 27.8 Å². The van der Waals surface area contributed by atoms with Crippen molar-refractivity contribution in [2.45, 2.75) is 13.0 Å². The monoisotopic (exact) mass is 179 g/mol. The van der Waals surface area contributed by atoms with Gasteiger partial charge in [-0.2, -0.15) is 0 Å². The number of aromatic nitrogens is 2. The summed E-state index contributed by atoms with van der Waals surface area (Å²) in [5.74, 6) is 0.839. The highest BCUT2D eigenvalue weighted by Crippen LogP contribution is 1.98. The van der Waals surface area contributed by atoms with E-state index in [9.17, 15) is 4.79 Å². The van der Waals surface area contributed by atoms with Crippen molar-refractivity contribution < 1.29 is 4.79 Å². The van der Waals surface area contributed by atoms with Crippen LogP contribution in [0.2, 0.25) is 0 Å². The van der Waals surface area contributed by atoms with Gasteiger partial charge in [-0.1, -0.05) is 6.08 Å². The molecule has 0 fully saturated rings. The van der Waals surface area contributed by atoms with Crippen molar-refractivity contribution in [3.63, 3.8) is 0 Å². The van der Waals surface area contributed by atoms with E-state index in [2.05, 4.69) is 16.5 Å². The summed E-state index contributed by atoms with van der Waals surface area (Å²) in [7, 11) is 1.74. The van der Waals surface area contributed by atoms with E-state index in [0.29, 0.717) is 13.0 Å². The molecule has 4 heteroatoms. The number of aromatic amines is 1. The predicted molar refractivity (Wildman–Crippen MR) is 49.9 cm³/mol. The van der Waals surface area contributed by atoms with Gasteiger partial charge in [0.2, 0.25) is 5.91 Å². The SMILES string of the molecule is C=CCC(=O)N(C)Cc1ncc[nH]1. The fourth-order valence-electron chi connectivity index (χ4n) is 0.977. The van der Waals surface area contributed by atoms with Gasteiger partial charge in [-0.3, -0.25) is 4.79 Å². The Hall–Kier alpha value is -1.58. The number of carbonyl (C=O) groups is 1. The zero-order valence-corrected chi connectivity index (χ0v) is 7.66. The molecular weight excluding hydrogens is 166 g/mol. The summed E-state index contributed by atoms with van der Waals surface area (Å²) in [5, 5.41) is 0. The first-order chi connectivity index (χ1) is 6.24. The molecule has 0 saturated heterocycles. The second kappa shape index (κ2) is 4.45. The summed E-state index contributed by atoms with van der Waals surface area (Å²) in [4.78, 5) is 19.9. The Morgan fingerprint density at radius 2 is 2.62 bits per heavy atom. The quantitative estimate of drug-likeness (QED) is 0.699. The van der Waals surface area contributed by atoms with Gasteiger partial charge in [0, 0.05) is 25.9 Å². The van der Waals surface area contributed by atoms with Crippen molar-refractivity contribution in [1.29, 1.82) is 0 Å². The molecule has 4 nitrogen and oxygen atoms in total. The average molecular weight is 179 g/mol. The van der Waals surface area contributed by atoms with Crippen LogP contribution in [0.5, 0.6) is 0 Å². The molecule has 1 amide bonds. The maximum absolute atomic E-state index is 11.3. The zero-order valence-electron chi connectivity index (χ0n) is 7.66. The number of imidazole rings is 1. The predicted octanol–water partition coefficient (Wildman–Crippen LogP) is 0.944. The van der Waals surface area contributed by atoms with Crippen LogP contribution in [0.3, 0.4) is 0 Å². The van der Waals surface area contributed by atoms with Crippen molar-refractivity contribution in [2.75, 3.05) is 7.05 Å². The first kappa shape index (κ1) is 9.51. The molecule has 13 heavy (non-hydrogen) atoms. The minimum Gasteiger partial charge on any atom is -0.347 e. The number of hydrogen-bond donors (Lipinski definition) is 1. The Morgan fingerprint density at radius 1 is 1.85 bits per heavy atom. The molecule has 1 heterocycles. The molecular formula is C9H13N3O. The molecule has 0 atom stereocenters. The van der Waals surface area contributed by atoms with E-state index in [1.54, 1.807) is 30.4 Å². The molecule has 1 aromatic rings. The molecule has 0 spiro atoms. The van der Waals surface area contributed by atoms with Crippen molar-refractivity contribution in [2.24, 2.45) is 0 Å². The lowest BCUT2D eigenvalue weighted by Gasteiger charge is -2.14. The number of nitrogens with zero attached hydrogens (tertiary/aromatic N) is 2. The number of nitrogens with one attached hydrogen (secondary N) is 1. The van der Waals surface area contributed by atoms with Gasteiger partial charge in [0.15, 0.2) is 0 Å². The third-order valence-electron chi connectivity index (χ3n) is 1.69. The maximum atomic E-state index is 11.3. The van der Waals surface area contributed by atoms with Gasteiger partial charge in [-0.15, -0.1) is 6.58 Å². The van der Waals surface area contributed by atoms with E-state index in [-0.39, 0.29) is 5.91 Å². The molecule has 0 aliphatic heterocycles. The van der Waals surface area contributed by atoms with Gasteiger partial charge in [-0.25, -0.2) is 4.98 Å². The molecule has 0 aromatic carbocycles. The molecule has 0 aliphatic carbocycles. The third kappa shape index (κ3) is 2.74. The third-order valence-corrected chi connectivity index (χ3v) is 1.69. The molecule has 0 saturated carbocycles. The lowest BCUT2D eigenvalue weighted by molar-refractivity contribution is -0.129. The van der Waals surface area contributed by atoms with Crippen LogP contribution in [0.25, 0.3) is 0 Å². The van der Waals surface area contributed by atoms with Crippen molar-refractivity contribution in [3.05, 3.63) is 30.9 Å².